The van der Waals surface area contributed by atoms with Crippen molar-refractivity contribution in [1.82, 2.24) is 4.90 Å². The van der Waals surface area contributed by atoms with Crippen molar-refractivity contribution in [2.75, 3.05) is 45.9 Å². The third kappa shape index (κ3) is 5.57. The Balaban J connectivity index is 1.69. The lowest BCUT2D eigenvalue weighted by Gasteiger charge is -2.32. The van der Waals surface area contributed by atoms with Crippen LogP contribution in [0.4, 0.5) is 4.79 Å². The first-order valence-corrected chi connectivity index (χ1v) is 8.28. The molecule has 0 bridgehead atoms. The summed E-state index contributed by atoms with van der Waals surface area (Å²) in [5.41, 5.74) is 0. The van der Waals surface area contributed by atoms with E-state index in [1.165, 1.54) is 4.90 Å². The van der Waals surface area contributed by atoms with E-state index in [4.69, 9.17) is 21.1 Å². The molecular weight excluding hydrogens is 320 g/mol. The van der Waals surface area contributed by atoms with E-state index in [-0.39, 0.29) is 12.7 Å². The number of hydrogen-bond acceptors (Lipinski definition) is 4. The van der Waals surface area contributed by atoms with Gasteiger partial charge < -0.3 is 19.5 Å². The van der Waals surface area contributed by atoms with Gasteiger partial charge in [0.05, 0.1) is 37.8 Å². The van der Waals surface area contributed by atoms with Crippen LogP contribution >= 0.6 is 11.6 Å². The molecule has 1 aromatic carbocycles. The van der Waals surface area contributed by atoms with Crippen molar-refractivity contribution in [1.29, 1.82) is 0 Å². The zero-order chi connectivity index (χ0) is 16.7. The number of aliphatic hydroxyl groups is 1. The summed E-state index contributed by atoms with van der Waals surface area (Å²) in [7, 11) is 0. The third-order valence-corrected chi connectivity index (χ3v) is 4.10. The number of ether oxygens (including phenoxy) is 2. The van der Waals surface area contributed by atoms with Gasteiger partial charge in [0.15, 0.2) is 0 Å². The Labute approximate surface area is 141 Å². The zero-order valence-corrected chi connectivity index (χ0v) is 14.1. The maximum Gasteiger partial charge on any atom is 0.410 e. The zero-order valence-electron chi connectivity index (χ0n) is 13.3. The molecule has 0 aliphatic carbocycles. The highest BCUT2D eigenvalue weighted by Gasteiger charge is 2.26. The highest BCUT2D eigenvalue weighted by Crippen LogP contribution is 2.22. The first-order valence-electron chi connectivity index (χ1n) is 7.90. The molecule has 1 aliphatic rings. The lowest BCUT2D eigenvalue weighted by Crippen LogP contribution is -3.16. The molecule has 23 heavy (non-hydrogen) atoms. The molecule has 0 unspecified atom stereocenters. The first-order chi connectivity index (χ1) is 11.1. The Kier molecular flexibility index (Phi) is 6.95. The average molecular weight is 344 g/mol. The fraction of sp³-hybridized carbons (Fsp3) is 0.562. The topological polar surface area (TPSA) is 63.4 Å². The van der Waals surface area contributed by atoms with Gasteiger partial charge in [-0.1, -0.05) is 23.7 Å². The number of piperazine rings is 1. The van der Waals surface area contributed by atoms with Crippen LogP contribution in [-0.4, -0.2) is 68.1 Å². The molecule has 1 saturated heterocycles. The van der Waals surface area contributed by atoms with Gasteiger partial charge in [0.1, 0.15) is 25.0 Å². The number of carbonyl (C=O) groups excluding carboxylic acids is 1. The monoisotopic (exact) mass is 343 g/mol. The number of hydrogen-bond donors (Lipinski definition) is 2. The number of carbonyl (C=O) groups is 1. The Morgan fingerprint density at radius 1 is 1.39 bits per heavy atom. The Hall–Kier alpha value is -1.50. The molecule has 1 aromatic rings. The van der Waals surface area contributed by atoms with Crippen LogP contribution in [-0.2, 0) is 4.74 Å². The van der Waals surface area contributed by atoms with Gasteiger partial charge in [0, 0.05) is 0 Å². The van der Waals surface area contributed by atoms with Crippen LogP contribution in [0.5, 0.6) is 5.75 Å². The number of amides is 1. The molecule has 1 heterocycles. The molecule has 128 valence electrons. The summed E-state index contributed by atoms with van der Waals surface area (Å²) in [6.45, 7) is 5.86. The van der Waals surface area contributed by atoms with E-state index < -0.39 is 6.10 Å². The van der Waals surface area contributed by atoms with E-state index in [2.05, 4.69) is 0 Å². The third-order valence-electron chi connectivity index (χ3n) is 3.79. The van der Waals surface area contributed by atoms with Crippen LogP contribution in [0, 0.1) is 0 Å². The molecule has 6 nitrogen and oxygen atoms in total. The van der Waals surface area contributed by atoms with Gasteiger partial charge in [-0.25, -0.2) is 4.79 Å². The molecular formula is C16H24ClN2O4+. The summed E-state index contributed by atoms with van der Waals surface area (Å²) in [6, 6.07) is 7.20. The minimum absolute atomic E-state index is 0.203. The molecule has 0 spiro atoms. The van der Waals surface area contributed by atoms with Gasteiger partial charge in [-0.3, -0.25) is 4.90 Å². The fourth-order valence-corrected chi connectivity index (χ4v) is 2.75. The van der Waals surface area contributed by atoms with Crippen LogP contribution < -0.4 is 9.64 Å². The van der Waals surface area contributed by atoms with Gasteiger partial charge in [0.25, 0.3) is 0 Å². The predicted octanol–water partition coefficient (Wildman–Crippen LogP) is 0.437. The largest absolute Gasteiger partial charge is 0.489 e. The number of para-hydroxylation sites is 1. The molecule has 2 rings (SSSR count). The van der Waals surface area contributed by atoms with Crippen molar-refractivity contribution in [2.45, 2.75) is 13.0 Å². The Morgan fingerprint density at radius 2 is 2.09 bits per heavy atom. The summed E-state index contributed by atoms with van der Waals surface area (Å²) in [6.07, 6.45) is -0.829. The van der Waals surface area contributed by atoms with Crippen molar-refractivity contribution >= 4 is 17.7 Å². The molecule has 1 atom stereocenters. The molecule has 7 heteroatoms. The predicted molar refractivity (Wildman–Crippen MR) is 87.1 cm³/mol. The SMILES string of the molecule is CCOC(=O)N1CC[NH+](C[C@@H](O)COc2ccccc2Cl)CC1. The van der Waals surface area contributed by atoms with Gasteiger partial charge in [-0.2, -0.15) is 0 Å². The molecule has 0 aromatic heterocycles. The minimum Gasteiger partial charge on any atom is -0.489 e. The number of benzene rings is 1. The maximum absolute atomic E-state index is 11.6. The van der Waals surface area contributed by atoms with E-state index in [0.29, 0.717) is 37.0 Å². The Morgan fingerprint density at radius 3 is 2.74 bits per heavy atom. The number of aliphatic hydroxyl groups excluding tert-OH is 1. The highest BCUT2D eigenvalue weighted by molar-refractivity contribution is 6.32. The number of nitrogens with zero attached hydrogens (tertiary/aromatic N) is 1. The van der Waals surface area contributed by atoms with E-state index in [0.717, 1.165) is 13.1 Å². The van der Waals surface area contributed by atoms with Crippen molar-refractivity contribution in [3.05, 3.63) is 29.3 Å². The standard InChI is InChI=1S/C16H23ClN2O4/c1-2-22-16(21)19-9-7-18(8-10-19)11-13(20)12-23-15-6-4-3-5-14(15)17/h3-6,13,20H,2,7-12H2,1H3/p+1/t13-/m1/s1. The van der Waals surface area contributed by atoms with E-state index in [9.17, 15) is 9.90 Å². The number of rotatable bonds is 6. The number of halogens is 1. The summed E-state index contributed by atoms with van der Waals surface area (Å²) < 4.78 is 10.5. The summed E-state index contributed by atoms with van der Waals surface area (Å²) in [4.78, 5) is 14.6. The van der Waals surface area contributed by atoms with Crippen LogP contribution in [0.3, 0.4) is 0 Å². The van der Waals surface area contributed by atoms with Gasteiger partial charge in [0.2, 0.25) is 0 Å². The fourth-order valence-electron chi connectivity index (χ4n) is 2.56. The van der Waals surface area contributed by atoms with E-state index in [1.54, 1.807) is 24.0 Å². The van der Waals surface area contributed by atoms with Crippen LogP contribution in [0.1, 0.15) is 6.92 Å². The molecule has 0 saturated carbocycles. The van der Waals surface area contributed by atoms with Crippen molar-refractivity contribution < 1.29 is 24.3 Å². The first kappa shape index (κ1) is 17.8. The van der Waals surface area contributed by atoms with Gasteiger partial charge in [-0.05, 0) is 19.1 Å². The smallest absolute Gasteiger partial charge is 0.410 e. The van der Waals surface area contributed by atoms with Crippen molar-refractivity contribution in [3.8, 4) is 5.75 Å². The minimum atomic E-state index is -0.574. The molecule has 0 radical (unpaired) electrons. The van der Waals surface area contributed by atoms with Crippen LogP contribution in [0.2, 0.25) is 5.02 Å². The summed E-state index contributed by atoms with van der Waals surface area (Å²) in [5.74, 6) is 0.579. The molecule has 1 aliphatic heterocycles. The summed E-state index contributed by atoms with van der Waals surface area (Å²) >= 11 is 6.01. The number of nitrogens with one attached hydrogen (secondary N) is 1. The second-order valence-corrected chi connectivity index (χ2v) is 5.94. The van der Waals surface area contributed by atoms with Crippen molar-refractivity contribution in [3.63, 3.8) is 0 Å². The van der Waals surface area contributed by atoms with Gasteiger partial charge >= 0.3 is 6.09 Å². The quantitative estimate of drug-likeness (QED) is 0.786. The van der Waals surface area contributed by atoms with Crippen molar-refractivity contribution in [2.24, 2.45) is 0 Å². The molecule has 1 amide bonds. The van der Waals surface area contributed by atoms with E-state index >= 15 is 0 Å². The van der Waals surface area contributed by atoms with E-state index in [1.807, 2.05) is 12.1 Å². The second-order valence-electron chi connectivity index (χ2n) is 5.54. The highest BCUT2D eigenvalue weighted by atomic mass is 35.5. The number of quaternary nitrogens is 1. The lowest BCUT2D eigenvalue weighted by atomic mass is 10.2. The van der Waals surface area contributed by atoms with Gasteiger partial charge in [-0.15, -0.1) is 0 Å². The molecule has 2 N–H and O–H groups in total. The summed E-state index contributed by atoms with van der Waals surface area (Å²) in [5, 5.41) is 10.7. The lowest BCUT2D eigenvalue weighted by molar-refractivity contribution is -0.907. The van der Waals surface area contributed by atoms with Crippen LogP contribution in [0.25, 0.3) is 0 Å². The normalized spacial score (nSPS) is 16.9. The van der Waals surface area contributed by atoms with Crippen LogP contribution in [0.15, 0.2) is 24.3 Å². The maximum atomic E-state index is 11.6. The second kappa shape index (κ2) is 8.96. The molecule has 1 fully saturated rings. The average Bonchev–Trinajstić information content (AvgIpc) is 2.55. The Bertz CT molecular complexity index is 507.